The van der Waals surface area contributed by atoms with Crippen LogP contribution in [-0.4, -0.2) is 19.5 Å². The van der Waals surface area contributed by atoms with Crippen LogP contribution in [0.5, 0.6) is 5.75 Å². The summed E-state index contributed by atoms with van der Waals surface area (Å²) in [6.07, 6.45) is 0. The van der Waals surface area contributed by atoms with Crippen LogP contribution in [0, 0.1) is 0 Å². The lowest BCUT2D eigenvalue weighted by Gasteiger charge is -2.14. The van der Waals surface area contributed by atoms with Crippen molar-refractivity contribution in [3.63, 3.8) is 0 Å². The fraction of sp³-hybridized carbons (Fsp3) is 0.0500. The Balaban J connectivity index is 1.80. The highest BCUT2D eigenvalue weighted by molar-refractivity contribution is 7.92. The molecule has 28 heavy (non-hydrogen) atoms. The van der Waals surface area contributed by atoms with E-state index in [1.807, 2.05) is 0 Å². The third-order valence-corrected chi connectivity index (χ3v) is 5.45. The standard InChI is InChI=1S/C20H16ClNO5S/c21-16-10-11-19(27-13-14-6-8-15(9-7-14)20(23)24)18(12-16)22-28(25,26)17-4-2-1-3-5-17/h1-12,22H,13H2,(H,23,24). The van der Waals surface area contributed by atoms with Crippen molar-refractivity contribution in [2.75, 3.05) is 4.72 Å². The van der Waals surface area contributed by atoms with Crippen molar-refractivity contribution in [3.8, 4) is 5.75 Å². The fourth-order valence-electron chi connectivity index (χ4n) is 2.42. The van der Waals surface area contributed by atoms with Crippen molar-refractivity contribution < 1.29 is 23.1 Å². The minimum atomic E-state index is -3.80. The van der Waals surface area contributed by atoms with Gasteiger partial charge in [0.05, 0.1) is 16.1 Å². The third kappa shape index (κ3) is 4.82. The number of halogens is 1. The Labute approximate surface area is 167 Å². The molecule has 0 atom stereocenters. The highest BCUT2D eigenvalue weighted by atomic mass is 35.5. The van der Waals surface area contributed by atoms with Gasteiger partial charge in [0.2, 0.25) is 0 Å². The molecule has 144 valence electrons. The number of carboxylic acids is 1. The second-order valence-electron chi connectivity index (χ2n) is 5.85. The molecule has 3 aromatic carbocycles. The van der Waals surface area contributed by atoms with Crippen LogP contribution in [0.25, 0.3) is 0 Å². The molecule has 3 aromatic rings. The molecule has 3 rings (SSSR count). The van der Waals surface area contributed by atoms with E-state index in [2.05, 4.69) is 4.72 Å². The van der Waals surface area contributed by atoms with Gasteiger partial charge in [-0.1, -0.05) is 41.9 Å². The van der Waals surface area contributed by atoms with Gasteiger partial charge in [-0.15, -0.1) is 0 Å². The molecule has 0 unspecified atom stereocenters. The summed E-state index contributed by atoms with van der Waals surface area (Å²) in [5.41, 5.74) is 1.11. The summed E-state index contributed by atoms with van der Waals surface area (Å²) in [5.74, 6) is -0.714. The van der Waals surface area contributed by atoms with Crippen LogP contribution in [0.15, 0.2) is 77.7 Å². The Morgan fingerprint density at radius 3 is 2.32 bits per heavy atom. The normalized spacial score (nSPS) is 11.0. The molecule has 0 aromatic heterocycles. The van der Waals surface area contributed by atoms with Gasteiger partial charge in [0.1, 0.15) is 12.4 Å². The first-order valence-corrected chi connectivity index (χ1v) is 10.0. The van der Waals surface area contributed by atoms with E-state index in [4.69, 9.17) is 21.4 Å². The minimum absolute atomic E-state index is 0.116. The number of hydrogen-bond acceptors (Lipinski definition) is 4. The molecule has 0 spiro atoms. The maximum absolute atomic E-state index is 12.6. The molecule has 6 nitrogen and oxygen atoms in total. The van der Waals surface area contributed by atoms with E-state index >= 15 is 0 Å². The summed E-state index contributed by atoms with van der Waals surface area (Å²) in [6.45, 7) is 0.127. The van der Waals surface area contributed by atoms with Crippen molar-refractivity contribution >= 4 is 33.3 Å². The number of rotatable bonds is 7. The zero-order valence-electron chi connectivity index (χ0n) is 14.5. The van der Waals surface area contributed by atoms with Gasteiger partial charge in [-0.3, -0.25) is 4.72 Å². The molecule has 0 amide bonds. The van der Waals surface area contributed by atoms with Crippen LogP contribution < -0.4 is 9.46 Å². The average Bonchev–Trinajstić information content (AvgIpc) is 2.68. The lowest BCUT2D eigenvalue weighted by Crippen LogP contribution is -2.13. The van der Waals surface area contributed by atoms with E-state index < -0.39 is 16.0 Å². The summed E-state index contributed by atoms with van der Waals surface area (Å²) in [4.78, 5) is 11.0. The number of ether oxygens (including phenoxy) is 1. The van der Waals surface area contributed by atoms with Crippen molar-refractivity contribution in [2.24, 2.45) is 0 Å². The summed E-state index contributed by atoms with van der Waals surface area (Å²) in [6, 6.07) is 18.8. The predicted octanol–water partition coefficient (Wildman–Crippen LogP) is 4.42. The van der Waals surface area contributed by atoms with E-state index in [0.717, 1.165) is 5.56 Å². The van der Waals surface area contributed by atoms with E-state index in [-0.39, 0.29) is 22.8 Å². The Morgan fingerprint density at radius 2 is 1.68 bits per heavy atom. The van der Waals surface area contributed by atoms with Crippen molar-refractivity contribution in [1.29, 1.82) is 0 Å². The van der Waals surface area contributed by atoms with Crippen molar-refractivity contribution in [2.45, 2.75) is 11.5 Å². The van der Waals surface area contributed by atoms with Gasteiger partial charge in [-0.05, 0) is 48.0 Å². The van der Waals surface area contributed by atoms with Crippen LogP contribution in [0.2, 0.25) is 5.02 Å². The molecule has 0 fully saturated rings. The van der Waals surface area contributed by atoms with Gasteiger partial charge in [-0.2, -0.15) is 0 Å². The Bertz CT molecular complexity index is 1080. The number of carbonyl (C=O) groups is 1. The number of sulfonamides is 1. The van der Waals surface area contributed by atoms with Gasteiger partial charge in [0.25, 0.3) is 10.0 Å². The van der Waals surface area contributed by atoms with Crippen LogP contribution in [-0.2, 0) is 16.6 Å². The van der Waals surface area contributed by atoms with Gasteiger partial charge >= 0.3 is 5.97 Å². The molecule has 0 radical (unpaired) electrons. The van der Waals surface area contributed by atoms with Crippen LogP contribution in [0.1, 0.15) is 15.9 Å². The molecule has 8 heteroatoms. The zero-order valence-corrected chi connectivity index (χ0v) is 16.1. The van der Waals surface area contributed by atoms with Gasteiger partial charge < -0.3 is 9.84 Å². The minimum Gasteiger partial charge on any atom is -0.487 e. The van der Waals surface area contributed by atoms with Crippen LogP contribution in [0.3, 0.4) is 0 Å². The monoisotopic (exact) mass is 417 g/mol. The number of aromatic carboxylic acids is 1. The first-order valence-electron chi connectivity index (χ1n) is 8.17. The largest absolute Gasteiger partial charge is 0.487 e. The maximum atomic E-state index is 12.6. The lowest BCUT2D eigenvalue weighted by atomic mass is 10.1. The smallest absolute Gasteiger partial charge is 0.335 e. The van der Waals surface area contributed by atoms with Crippen molar-refractivity contribution in [1.82, 2.24) is 0 Å². The van der Waals surface area contributed by atoms with E-state index in [1.54, 1.807) is 42.5 Å². The molecule has 0 saturated heterocycles. The molecule has 0 aliphatic carbocycles. The quantitative estimate of drug-likeness (QED) is 0.593. The lowest BCUT2D eigenvalue weighted by molar-refractivity contribution is 0.0697. The first kappa shape index (κ1) is 19.7. The molecule has 2 N–H and O–H groups in total. The Kier molecular flexibility index (Phi) is 5.87. The molecule has 0 aliphatic rings. The van der Waals surface area contributed by atoms with Crippen molar-refractivity contribution in [3.05, 3.63) is 88.9 Å². The summed E-state index contributed by atoms with van der Waals surface area (Å²) >= 11 is 6.01. The summed E-state index contributed by atoms with van der Waals surface area (Å²) in [5, 5.41) is 9.29. The highest BCUT2D eigenvalue weighted by Crippen LogP contribution is 2.30. The number of nitrogens with one attached hydrogen (secondary N) is 1. The van der Waals surface area contributed by atoms with Crippen LogP contribution in [0.4, 0.5) is 5.69 Å². The summed E-state index contributed by atoms with van der Waals surface area (Å²) < 4.78 is 33.4. The zero-order chi connectivity index (χ0) is 20.1. The number of anilines is 1. The van der Waals surface area contributed by atoms with E-state index in [1.165, 1.54) is 30.3 Å². The molecule has 0 saturated carbocycles. The third-order valence-electron chi connectivity index (χ3n) is 3.83. The molecule has 0 heterocycles. The van der Waals surface area contributed by atoms with E-state index in [0.29, 0.717) is 10.8 Å². The SMILES string of the molecule is O=C(O)c1ccc(COc2ccc(Cl)cc2NS(=O)(=O)c2ccccc2)cc1. The number of hydrogen-bond donors (Lipinski definition) is 2. The second-order valence-corrected chi connectivity index (χ2v) is 7.97. The van der Waals surface area contributed by atoms with Gasteiger partial charge in [-0.25, -0.2) is 13.2 Å². The topological polar surface area (TPSA) is 92.7 Å². The molecule has 0 bridgehead atoms. The maximum Gasteiger partial charge on any atom is 0.335 e. The Hall–Kier alpha value is -3.03. The van der Waals surface area contributed by atoms with Gasteiger partial charge in [0, 0.05) is 5.02 Å². The highest BCUT2D eigenvalue weighted by Gasteiger charge is 2.17. The average molecular weight is 418 g/mol. The van der Waals surface area contributed by atoms with Crippen LogP contribution >= 0.6 is 11.6 Å². The Morgan fingerprint density at radius 1 is 1.00 bits per heavy atom. The first-order chi connectivity index (χ1) is 13.3. The summed E-state index contributed by atoms with van der Waals surface area (Å²) in [7, 11) is -3.80. The second kappa shape index (κ2) is 8.33. The molecular formula is C20H16ClNO5S. The molecule has 0 aliphatic heterocycles. The molecular weight excluding hydrogens is 402 g/mol. The number of benzene rings is 3. The predicted molar refractivity (Wildman–Crippen MR) is 106 cm³/mol. The number of carboxylic acid groups (broad SMARTS) is 1. The van der Waals surface area contributed by atoms with E-state index in [9.17, 15) is 13.2 Å². The fourth-order valence-corrected chi connectivity index (χ4v) is 3.67. The van der Waals surface area contributed by atoms with Gasteiger partial charge in [0.15, 0.2) is 0 Å².